The topological polar surface area (TPSA) is 62.1 Å². The van der Waals surface area contributed by atoms with Crippen molar-refractivity contribution < 1.29 is 14.6 Å². The van der Waals surface area contributed by atoms with E-state index < -0.39 is 12.0 Å². The molecule has 0 fully saturated rings. The molecule has 33 heavy (non-hydrogen) atoms. The molecule has 2 aliphatic heterocycles. The second-order valence-electron chi connectivity index (χ2n) is 7.40. The molecule has 0 spiro atoms. The number of aliphatic carboxylic acids is 1. The minimum atomic E-state index is -1.01. The van der Waals surface area contributed by atoms with E-state index in [1.54, 1.807) is 25.3 Å². The van der Waals surface area contributed by atoms with Crippen molar-refractivity contribution in [1.82, 2.24) is 4.90 Å². The number of para-hydroxylation sites is 1. The van der Waals surface area contributed by atoms with Gasteiger partial charge in [-0.2, -0.15) is 0 Å². The molecule has 2 aliphatic rings. The van der Waals surface area contributed by atoms with Crippen LogP contribution in [0.1, 0.15) is 31.0 Å². The number of thioether (sulfide) groups is 1. The van der Waals surface area contributed by atoms with E-state index in [0.717, 1.165) is 10.5 Å². The van der Waals surface area contributed by atoms with Gasteiger partial charge in [-0.25, -0.2) is 9.79 Å². The quantitative estimate of drug-likeness (QED) is 0.425. The zero-order valence-electron chi connectivity index (χ0n) is 17.9. The molecule has 0 unspecified atom stereocenters. The minimum absolute atomic E-state index is 0. The number of halogens is 4. The summed E-state index contributed by atoms with van der Waals surface area (Å²) in [5.41, 5.74) is 2.22. The lowest BCUT2D eigenvalue weighted by atomic mass is 9.90. The zero-order chi connectivity index (χ0) is 22.3. The monoisotopic (exact) mass is 546 g/mol. The van der Waals surface area contributed by atoms with Gasteiger partial charge in [-0.1, -0.05) is 61.3 Å². The number of carboxylic acids is 1. The van der Waals surface area contributed by atoms with Crippen LogP contribution in [0.25, 0.3) is 4.91 Å². The Labute approximate surface area is 219 Å². The molecule has 10 heteroatoms. The maximum absolute atomic E-state index is 12.4. The molecule has 0 saturated heterocycles. The van der Waals surface area contributed by atoms with Gasteiger partial charge in [0.15, 0.2) is 5.17 Å². The van der Waals surface area contributed by atoms with Crippen molar-refractivity contribution in [2.24, 2.45) is 10.9 Å². The number of amidine groups is 1. The molecule has 0 aliphatic carbocycles. The number of allylic oxidation sites excluding steroid dienone is 1. The van der Waals surface area contributed by atoms with Crippen molar-refractivity contribution in [3.8, 4) is 5.75 Å². The van der Waals surface area contributed by atoms with Crippen LogP contribution in [0.3, 0.4) is 0 Å². The van der Waals surface area contributed by atoms with Gasteiger partial charge in [0, 0.05) is 22.2 Å². The summed E-state index contributed by atoms with van der Waals surface area (Å²) in [5, 5.41) is 11.9. The summed E-state index contributed by atoms with van der Waals surface area (Å²) in [5.74, 6) is -0.477. The van der Waals surface area contributed by atoms with Crippen LogP contribution in [-0.4, -0.2) is 28.3 Å². The molecule has 176 valence electrons. The summed E-state index contributed by atoms with van der Waals surface area (Å²) >= 11 is 14.3. The Bertz CT molecular complexity index is 1140. The van der Waals surface area contributed by atoms with Crippen molar-refractivity contribution in [1.29, 1.82) is 0 Å². The maximum atomic E-state index is 12.4. The second kappa shape index (κ2) is 11.1. The Kier molecular flexibility index (Phi) is 9.19. The van der Waals surface area contributed by atoms with Crippen molar-refractivity contribution >= 4 is 75.8 Å². The van der Waals surface area contributed by atoms with E-state index in [1.165, 1.54) is 11.8 Å². The molecule has 5 nitrogen and oxygen atoms in total. The van der Waals surface area contributed by atoms with E-state index in [0.29, 0.717) is 32.2 Å². The average Bonchev–Trinajstić information content (AvgIpc) is 3.15. The number of hydrogen-bond acceptors (Lipinski definition) is 5. The molecule has 4 rings (SSSR count). The summed E-state index contributed by atoms with van der Waals surface area (Å²) in [7, 11) is 1.58. The Hall–Kier alpha value is -1.83. The summed E-state index contributed by atoms with van der Waals surface area (Å²) in [6.45, 7) is 3.88. The van der Waals surface area contributed by atoms with Crippen LogP contribution in [0, 0.1) is 5.92 Å². The van der Waals surface area contributed by atoms with Gasteiger partial charge in [-0.15, -0.1) is 24.8 Å². The highest BCUT2D eigenvalue weighted by Crippen LogP contribution is 2.50. The highest BCUT2D eigenvalue weighted by molar-refractivity contribution is 8.22. The van der Waals surface area contributed by atoms with Gasteiger partial charge in [0.05, 0.1) is 34.5 Å². The van der Waals surface area contributed by atoms with Crippen molar-refractivity contribution in [3.63, 3.8) is 0 Å². The molecule has 0 amide bonds. The van der Waals surface area contributed by atoms with Gasteiger partial charge < -0.3 is 14.7 Å². The normalized spacial score (nSPS) is 17.0. The summed E-state index contributed by atoms with van der Waals surface area (Å²) in [6, 6.07) is 12.2. The molecule has 2 heterocycles. The predicted octanol–water partition coefficient (Wildman–Crippen LogP) is 7.30. The van der Waals surface area contributed by atoms with Gasteiger partial charge in [-0.3, -0.25) is 0 Å². The number of carbonyl (C=O) groups is 1. The Morgan fingerprint density at radius 1 is 1.12 bits per heavy atom. The molecule has 2 aromatic rings. The number of carboxylic acid groups (broad SMARTS) is 1. The molecule has 2 aromatic carbocycles. The van der Waals surface area contributed by atoms with E-state index in [2.05, 4.69) is 0 Å². The Balaban J connectivity index is 0.00000193. The third-order valence-electron chi connectivity index (χ3n) is 5.14. The Morgan fingerprint density at radius 2 is 1.76 bits per heavy atom. The number of nitrogens with zero attached hydrogens (tertiary/aromatic N) is 2. The van der Waals surface area contributed by atoms with Gasteiger partial charge in [-0.05, 0) is 35.9 Å². The maximum Gasteiger partial charge on any atom is 0.335 e. The van der Waals surface area contributed by atoms with Crippen LogP contribution in [-0.2, 0) is 4.79 Å². The number of fused-ring (bicyclic) bond motifs is 1. The predicted molar refractivity (Wildman–Crippen MR) is 141 cm³/mol. The zero-order valence-corrected chi connectivity index (χ0v) is 21.9. The van der Waals surface area contributed by atoms with Crippen LogP contribution < -0.4 is 4.74 Å². The van der Waals surface area contributed by atoms with Crippen LogP contribution in [0.2, 0.25) is 10.0 Å². The first kappa shape index (κ1) is 27.4. The molecule has 0 aromatic heterocycles. The smallest absolute Gasteiger partial charge is 0.335 e. The standard InChI is InChI=1S/C23H20Cl2N2O3S.2ClH/c1-12(2)20-19(22(28)29)21(13-7-4-5-10-16(13)30-3)27-11-17(31-23(27)26-20)18-14(24)8-6-9-15(18)25;;/h4-12,21H,1-3H3,(H,28,29);2*1H/t21-;;/m0../s1. The SMILES string of the molecule is COc1ccccc1[C@H]1C(C(=O)O)=C(C(C)C)N=C2SC(c3c(Cl)cccc3Cl)=CN21.Cl.Cl. The van der Waals surface area contributed by atoms with Gasteiger partial charge in [0.2, 0.25) is 0 Å². The first-order valence-electron chi connectivity index (χ1n) is 9.64. The highest BCUT2D eigenvalue weighted by atomic mass is 35.5. The molecule has 0 radical (unpaired) electrons. The van der Waals surface area contributed by atoms with E-state index in [9.17, 15) is 9.90 Å². The number of aliphatic imine (C=N–C) groups is 1. The summed E-state index contributed by atoms with van der Waals surface area (Å²) in [4.78, 5) is 19.9. The second-order valence-corrected chi connectivity index (χ2v) is 9.22. The summed E-state index contributed by atoms with van der Waals surface area (Å²) < 4.78 is 5.57. The van der Waals surface area contributed by atoms with E-state index in [-0.39, 0.29) is 36.3 Å². The lowest BCUT2D eigenvalue weighted by Crippen LogP contribution is -2.34. The molecule has 1 atom stereocenters. The number of rotatable bonds is 5. The molecular weight excluding hydrogens is 526 g/mol. The third-order valence-corrected chi connectivity index (χ3v) is 6.79. The number of ether oxygens (including phenoxy) is 1. The van der Waals surface area contributed by atoms with Crippen LogP contribution in [0.4, 0.5) is 0 Å². The molecule has 1 N–H and O–H groups in total. The fourth-order valence-electron chi connectivity index (χ4n) is 3.78. The third kappa shape index (κ3) is 5.00. The van der Waals surface area contributed by atoms with Gasteiger partial charge >= 0.3 is 5.97 Å². The minimum Gasteiger partial charge on any atom is -0.496 e. The first-order valence-corrected chi connectivity index (χ1v) is 11.2. The van der Waals surface area contributed by atoms with E-state index in [1.807, 2.05) is 49.2 Å². The first-order chi connectivity index (χ1) is 14.8. The Morgan fingerprint density at radius 3 is 2.33 bits per heavy atom. The molecule has 0 bridgehead atoms. The average molecular weight is 548 g/mol. The summed E-state index contributed by atoms with van der Waals surface area (Å²) in [6.07, 6.45) is 1.87. The molecule has 0 saturated carbocycles. The van der Waals surface area contributed by atoms with Crippen molar-refractivity contribution in [3.05, 3.63) is 81.1 Å². The fourth-order valence-corrected chi connectivity index (χ4v) is 5.59. The van der Waals surface area contributed by atoms with Crippen molar-refractivity contribution in [2.45, 2.75) is 19.9 Å². The van der Waals surface area contributed by atoms with Crippen molar-refractivity contribution in [2.75, 3.05) is 7.11 Å². The van der Waals surface area contributed by atoms with Gasteiger partial charge in [0.1, 0.15) is 5.75 Å². The fraction of sp³-hybridized carbons (Fsp3) is 0.217. The van der Waals surface area contributed by atoms with E-state index >= 15 is 0 Å². The largest absolute Gasteiger partial charge is 0.496 e. The highest BCUT2D eigenvalue weighted by Gasteiger charge is 2.41. The number of benzene rings is 2. The number of hydrogen-bond donors (Lipinski definition) is 1. The van der Waals surface area contributed by atoms with Crippen LogP contribution >= 0.6 is 59.8 Å². The lowest BCUT2D eigenvalue weighted by Gasteiger charge is -2.34. The van der Waals surface area contributed by atoms with Crippen LogP contribution in [0.5, 0.6) is 5.75 Å². The lowest BCUT2D eigenvalue weighted by molar-refractivity contribution is -0.133. The number of methoxy groups -OCH3 is 1. The van der Waals surface area contributed by atoms with Gasteiger partial charge in [0.25, 0.3) is 0 Å². The van der Waals surface area contributed by atoms with Crippen LogP contribution in [0.15, 0.2) is 64.9 Å². The molecular formula is C23H22Cl4N2O3S. The van der Waals surface area contributed by atoms with E-state index in [4.69, 9.17) is 32.9 Å².